The number of urea groups is 1. The second-order valence-corrected chi connectivity index (χ2v) is 10.4. The molecule has 2 unspecified atom stereocenters. The standard InChI is InChI=1S/C27H37N7O5/c28-24(35)22(15-19-16-30-21-4-2-1-3-20(19)21)31-25(36)23-17-33(26(37)18-5-7-29-8-6-18)9-10-34(23)27(38)32-11-13-39-14-12-32/h1-4,16,18,22-23,29-30H,5-15,17H2,(H2,28,35)(H,31,36). The van der Waals surface area contributed by atoms with Crippen LogP contribution in [0.3, 0.4) is 0 Å². The molecule has 1 aromatic heterocycles. The van der Waals surface area contributed by atoms with Crippen LogP contribution < -0.4 is 16.4 Å². The lowest BCUT2D eigenvalue weighted by molar-refractivity contribution is -0.142. The molecule has 210 valence electrons. The normalized spacial score (nSPS) is 21.5. The maximum Gasteiger partial charge on any atom is 0.320 e. The number of amides is 5. The number of aromatic amines is 1. The van der Waals surface area contributed by atoms with E-state index in [1.807, 2.05) is 24.3 Å². The summed E-state index contributed by atoms with van der Waals surface area (Å²) < 4.78 is 5.38. The van der Waals surface area contributed by atoms with Gasteiger partial charge in [-0.1, -0.05) is 18.2 Å². The Kier molecular flexibility index (Phi) is 8.32. The van der Waals surface area contributed by atoms with Gasteiger partial charge in [0.15, 0.2) is 0 Å². The molecule has 2 aromatic rings. The Morgan fingerprint density at radius 2 is 1.77 bits per heavy atom. The van der Waals surface area contributed by atoms with Crippen LogP contribution in [0.15, 0.2) is 30.5 Å². The van der Waals surface area contributed by atoms with Crippen LogP contribution in [0, 0.1) is 5.92 Å². The Morgan fingerprint density at radius 1 is 1.03 bits per heavy atom. The van der Waals surface area contributed by atoms with Crippen molar-refractivity contribution in [3.05, 3.63) is 36.0 Å². The molecule has 2 atom stereocenters. The SMILES string of the molecule is NC(=O)C(Cc1c[nH]c2ccccc12)NC(=O)C1CN(C(=O)C2CCNCC2)CCN1C(=O)N1CCOCC1. The first-order valence-electron chi connectivity index (χ1n) is 13.7. The summed E-state index contributed by atoms with van der Waals surface area (Å²) in [5.74, 6) is -1.25. The number of para-hydroxylation sites is 1. The summed E-state index contributed by atoms with van der Waals surface area (Å²) in [6.07, 6.45) is 3.50. The summed E-state index contributed by atoms with van der Waals surface area (Å²) >= 11 is 0. The lowest BCUT2D eigenvalue weighted by Gasteiger charge is -2.44. The second-order valence-electron chi connectivity index (χ2n) is 10.4. The van der Waals surface area contributed by atoms with Crippen molar-refractivity contribution >= 4 is 34.7 Å². The van der Waals surface area contributed by atoms with Crippen molar-refractivity contribution in [3.63, 3.8) is 0 Å². The number of aromatic nitrogens is 1. The number of nitrogens with zero attached hydrogens (tertiary/aromatic N) is 3. The van der Waals surface area contributed by atoms with Gasteiger partial charge < -0.3 is 40.8 Å². The van der Waals surface area contributed by atoms with Gasteiger partial charge >= 0.3 is 6.03 Å². The molecule has 3 aliphatic heterocycles. The van der Waals surface area contributed by atoms with Gasteiger partial charge in [0, 0.05) is 55.6 Å². The molecule has 0 radical (unpaired) electrons. The topological polar surface area (TPSA) is 153 Å². The summed E-state index contributed by atoms with van der Waals surface area (Å²) in [6, 6.07) is 5.51. The highest BCUT2D eigenvalue weighted by atomic mass is 16.5. The fourth-order valence-electron chi connectivity index (χ4n) is 5.71. The van der Waals surface area contributed by atoms with Gasteiger partial charge in [-0.15, -0.1) is 0 Å². The van der Waals surface area contributed by atoms with Gasteiger partial charge in [0.05, 0.1) is 19.8 Å². The maximum absolute atomic E-state index is 13.7. The van der Waals surface area contributed by atoms with Crippen molar-refractivity contribution in [1.29, 1.82) is 0 Å². The number of morpholine rings is 1. The Hall–Kier alpha value is -3.64. The first kappa shape index (κ1) is 26.9. The first-order valence-corrected chi connectivity index (χ1v) is 13.7. The third kappa shape index (κ3) is 6.01. The molecule has 3 saturated heterocycles. The van der Waals surface area contributed by atoms with Crippen LogP contribution in [-0.2, 0) is 25.5 Å². The highest BCUT2D eigenvalue weighted by Crippen LogP contribution is 2.22. The molecule has 0 spiro atoms. The first-order chi connectivity index (χ1) is 18.9. The predicted molar refractivity (Wildman–Crippen MR) is 144 cm³/mol. The van der Waals surface area contributed by atoms with E-state index in [-0.39, 0.29) is 37.4 Å². The summed E-state index contributed by atoms with van der Waals surface area (Å²) in [4.78, 5) is 61.1. The lowest BCUT2D eigenvalue weighted by Crippen LogP contribution is -2.66. The van der Waals surface area contributed by atoms with Crippen LogP contribution in [0.2, 0.25) is 0 Å². The molecule has 5 rings (SSSR count). The van der Waals surface area contributed by atoms with Gasteiger partial charge in [0.1, 0.15) is 12.1 Å². The van der Waals surface area contributed by atoms with E-state index >= 15 is 0 Å². The Labute approximate surface area is 227 Å². The predicted octanol–water partition coefficient (Wildman–Crippen LogP) is -0.355. The molecular weight excluding hydrogens is 502 g/mol. The summed E-state index contributed by atoms with van der Waals surface area (Å²) in [5, 5.41) is 7.02. The number of nitrogens with two attached hydrogens (primary N) is 1. The largest absolute Gasteiger partial charge is 0.378 e. The van der Waals surface area contributed by atoms with Crippen molar-refractivity contribution in [2.45, 2.75) is 31.3 Å². The maximum atomic E-state index is 13.7. The van der Waals surface area contributed by atoms with Gasteiger partial charge in [-0.3, -0.25) is 14.4 Å². The lowest BCUT2D eigenvalue weighted by atomic mass is 9.95. The van der Waals surface area contributed by atoms with Gasteiger partial charge in [0.2, 0.25) is 17.7 Å². The molecule has 0 saturated carbocycles. The molecule has 3 fully saturated rings. The molecule has 1 aromatic carbocycles. The van der Waals surface area contributed by atoms with Crippen LogP contribution in [0.5, 0.6) is 0 Å². The van der Waals surface area contributed by atoms with Crippen molar-refractivity contribution in [3.8, 4) is 0 Å². The Bertz CT molecular complexity index is 1200. The minimum atomic E-state index is -0.979. The number of carbonyl (C=O) groups excluding carboxylic acids is 4. The minimum Gasteiger partial charge on any atom is -0.378 e. The zero-order valence-corrected chi connectivity index (χ0v) is 22.1. The number of fused-ring (bicyclic) bond motifs is 1. The summed E-state index contributed by atoms with van der Waals surface area (Å²) in [5.41, 5.74) is 7.49. The number of hydrogen-bond acceptors (Lipinski definition) is 6. The van der Waals surface area contributed by atoms with E-state index in [1.54, 1.807) is 16.0 Å². The molecule has 0 aliphatic carbocycles. The van der Waals surface area contributed by atoms with Crippen LogP contribution in [0.1, 0.15) is 18.4 Å². The summed E-state index contributed by atoms with van der Waals surface area (Å²) in [7, 11) is 0. The molecule has 12 heteroatoms. The van der Waals surface area contributed by atoms with Crippen LogP contribution >= 0.6 is 0 Å². The van der Waals surface area contributed by atoms with Crippen LogP contribution in [0.25, 0.3) is 10.9 Å². The number of piperazine rings is 1. The van der Waals surface area contributed by atoms with Crippen molar-refractivity contribution < 1.29 is 23.9 Å². The number of benzene rings is 1. The van der Waals surface area contributed by atoms with Gasteiger partial charge in [0.25, 0.3) is 0 Å². The molecule has 39 heavy (non-hydrogen) atoms. The van der Waals surface area contributed by atoms with Crippen molar-refractivity contribution in [2.75, 3.05) is 59.0 Å². The smallest absolute Gasteiger partial charge is 0.320 e. The highest BCUT2D eigenvalue weighted by Gasteiger charge is 2.41. The molecule has 12 nitrogen and oxygen atoms in total. The molecule has 4 heterocycles. The monoisotopic (exact) mass is 539 g/mol. The molecule has 5 N–H and O–H groups in total. The fourth-order valence-corrected chi connectivity index (χ4v) is 5.71. The number of rotatable bonds is 6. The molecule has 0 bridgehead atoms. The van der Waals surface area contributed by atoms with E-state index in [0.717, 1.165) is 42.4 Å². The number of hydrogen-bond donors (Lipinski definition) is 4. The van der Waals surface area contributed by atoms with E-state index in [9.17, 15) is 19.2 Å². The van der Waals surface area contributed by atoms with Crippen LogP contribution in [-0.4, -0.2) is 115 Å². The van der Waals surface area contributed by atoms with E-state index < -0.39 is 23.9 Å². The number of H-pyrrole nitrogens is 1. The number of primary amides is 1. The average Bonchev–Trinajstić information content (AvgIpc) is 3.39. The Balaban J connectivity index is 1.34. The minimum absolute atomic E-state index is 0.0121. The van der Waals surface area contributed by atoms with Gasteiger partial charge in [-0.05, 0) is 37.6 Å². The number of piperidine rings is 1. The van der Waals surface area contributed by atoms with Crippen molar-refractivity contribution in [2.24, 2.45) is 11.7 Å². The Morgan fingerprint density at radius 3 is 2.51 bits per heavy atom. The quantitative estimate of drug-likeness (QED) is 0.394. The number of nitrogens with one attached hydrogen (secondary N) is 3. The molecule has 5 amide bonds. The van der Waals surface area contributed by atoms with Gasteiger partial charge in [-0.25, -0.2) is 4.79 Å². The fraction of sp³-hybridized carbons (Fsp3) is 0.556. The van der Waals surface area contributed by atoms with E-state index in [0.29, 0.717) is 32.8 Å². The highest BCUT2D eigenvalue weighted by molar-refractivity contribution is 5.93. The zero-order chi connectivity index (χ0) is 27.4. The number of ether oxygens (including phenoxy) is 1. The summed E-state index contributed by atoms with van der Waals surface area (Å²) in [6.45, 7) is 3.97. The number of carbonyl (C=O) groups is 4. The third-order valence-electron chi connectivity index (χ3n) is 7.97. The molecular formula is C27H37N7O5. The molecule has 3 aliphatic rings. The second kappa shape index (κ2) is 12.0. The van der Waals surface area contributed by atoms with Crippen LogP contribution in [0.4, 0.5) is 4.79 Å². The van der Waals surface area contributed by atoms with E-state index in [4.69, 9.17) is 10.5 Å². The van der Waals surface area contributed by atoms with Crippen molar-refractivity contribution in [1.82, 2.24) is 30.3 Å². The zero-order valence-electron chi connectivity index (χ0n) is 22.1. The van der Waals surface area contributed by atoms with Gasteiger partial charge in [-0.2, -0.15) is 0 Å². The van der Waals surface area contributed by atoms with E-state index in [2.05, 4.69) is 15.6 Å². The van der Waals surface area contributed by atoms with E-state index in [1.165, 1.54) is 4.90 Å². The average molecular weight is 540 g/mol. The third-order valence-corrected chi connectivity index (χ3v) is 7.97.